The molecule has 0 saturated heterocycles. The summed E-state index contributed by atoms with van der Waals surface area (Å²) >= 11 is 0. The lowest BCUT2D eigenvalue weighted by Crippen LogP contribution is -2.38. The molecule has 0 radical (unpaired) electrons. The number of aromatic nitrogens is 4. The summed E-state index contributed by atoms with van der Waals surface area (Å²) in [5, 5.41) is 13.8. The molecule has 3 rings (SSSR count). The van der Waals surface area contributed by atoms with Crippen LogP contribution >= 0.6 is 0 Å². The Labute approximate surface area is 158 Å². The van der Waals surface area contributed by atoms with Gasteiger partial charge >= 0.3 is 5.69 Å². The zero-order valence-corrected chi connectivity index (χ0v) is 15.4. The number of aryl methyl sites for hydroxylation is 1. The second-order valence-corrected chi connectivity index (χ2v) is 5.94. The number of aromatic hydroxyl groups is 1. The lowest BCUT2D eigenvalue weighted by atomic mass is 10.2. The van der Waals surface area contributed by atoms with E-state index in [9.17, 15) is 19.5 Å². The van der Waals surface area contributed by atoms with E-state index in [4.69, 9.17) is 4.74 Å². The van der Waals surface area contributed by atoms with Crippen molar-refractivity contribution < 1.29 is 14.6 Å². The van der Waals surface area contributed by atoms with E-state index in [0.29, 0.717) is 5.56 Å². The monoisotopic (exact) mass is 386 g/mol. The third kappa shape index (κ3) is 3.24. The minimum atomic E-state index is -0.548. The van der Waals surface area contributed by atoms with E-state index in [1.807, 2.05) is 0 Å². The van der Waals surface area contributed by atoms with Crippen LogP contribution in [0.2, 0.25) is 0 Å². The SMILES string of the molecule is COc1cccc(/C=N\NC(=O)Cn2cnc3c2c(=O)n(C)c(=O)n3C)c1O. The van der Waals surface area contributed by atoms with Gasteiger partial charge in [-0.3, -0.25) is 18.7 Å². The van der Waals surface area contributed by atoms with Crippen molar-refractivity contribution in [2.45, 2.75) is 6.54 Å². The maximum absolute atomic E-state index is 12.3. The lowest BCUT2D eigenvalue weighted by molar-refractivity contribution is -0.121. The fraction of sp³-hybridized carbons (Fsp3) is 0.235. The van der Waals surface area contributed by atoms with E-state index in [-0.39, 0.29) is 29.2 Å². The van der Waals surface area contributed by atoms with Crippen molar-refractivity contribution in [3.8, 4) is 11.5 Å². The quantitative estimate of drug-likeness (QED) is 0.440. The van der Waals surface area contributed by atoms with Crippen molar-refractivity contribution in [2.75, 3.05) is 7.11 Å². The number of rotatable bonds is 5. The number of phenolic OH excluding ortho intramolecular Hbond substituents is 1. The van der Waals surface area contributed by atoms with E-state index < -0.39 is 17.2 Å². The van der Waals surface area contributed by atoms with Crippen molar-refractivity contribution >= 4 is 23.3 Å². The highest BCUT2D eigenvalue weighted by Crippen LogP contribution is 2.27. The number of nitrogens with zero attached hydrogens (tertiary/aromatic N) is 5. The highest BCUT2D eigenvalue weighted by Gasteiger charge is 2.15. The number of carbonyl (C=O) groups excluding carboxylic acids is 1. The van der Waals surface area contributed by atoms with Crippen LogP contribution in [0.5, 0.6) is 11.5 Å². The molecule has 0 aliphatic heterocycles. The number of para-hydroxylation sites is 1. The minimum absolute atomic E-state index is 0.104. The van der Waals surface area contributed by atoms with Crippen LogP contribution in [-0.2, 0) is 25.4 Å². The number of hydrogen-bond donors (Lipinski definition) is 2. The van der Waals surface area contributed by atoms with Gasteiger partial charge in [-0.25, -0.2) is 15.2 Å². The number of benzene rings is 1. The van der Waals surface area contributed by atoms with Crippen molar-refractivity contribution in [3.05, 3.63) is 50.9 Å². The number of fused-ring (bicyclic) bond motifs is 1. The van der Waals surface area contributed by atoms with Gasteiger partial charge in [-0.05, 0) is 12.1 Å². The van der Waals surface area contributed by atoms with Gasteiger partial charge in [0.05, 0.1) is 19.7 Å². The van der Waals surface area contributed by atoms with Gasteiger partial charge in [0.1, 0.15) is 6.54 Å². The molecule has 0 saturated carbocycles. The Morgan fingerprint density at radius 1 is 1.32 bits per heavy atom. The zero-order valence-electron chi connectivity index (χ0n) is 15.4. The number of phenols is 1. The predicted octanol–water partition coefficient (Wildman–Crippen LogP) is -0.702. The molecule has 11 nitrogen and oxygen atoms in total. The summed E-state index contributed by atoms with van der Waals surface area (Å²) in [5.74, 6) is -0.344. The van der Waals surface area contributed by atoms with Gasteiger partial charge in [0.15, 0.2) is 22.7 Å². The van der Waals surface area contributed by atoms with Gasteiger partial charge in [0.2, 0.25) is 0 Å². The highest BCUT2D eigenvalue weighted by atomic mass is 16.5. The Hall–Kier alpha value is -3.89. The first-order valence-electron chi connectivity index (χ1n) is 8.14. The maximum Gasteiger partial charge on any atom is 0.332 e. The molecule has 0 bridgehead atoms. The number of carbonyl (C=O) groups is 1. The predicted molar refractivity (Wildman–Crippen MR) is 101 cm³/mol. The zero-order chi connectivity index (χ0) is 20.4. The first kappa shape index (κ1) is 18.9. The molecule has 2 N–H and O–H groups in total. The van der Waals surface area contributed by atoms with E-state index >= 15 is 0 Å². The number of methoxy groups -OCH3 is 1. The molecular weight excluding hydrogens is 368 g/mol. The third-order valence-electron chi connectivity index (χ3n) is 4.17. The fourth-order valence-corrected chi connectivity index (χ4v) is 2.69. The van der Waals surface area contributed by atoms with Gasteiger partial charge in [-0.2, -0.15) is 5.10 Å². The van der Waals surface area contributed by atoms with Crippen LogP contribution in [-0.4, -0.2) is 43.0 Å². The molecule has 2 heterocycles. The molecule has 2 aromatic heterocycles. The molecule has 11 heteroatoms. The molecule has 0 aliphatic carbocycles. The van der Waals surface area contributed by atoms with Gasteiger partial charge in [0, 0.05) is 19.7 Å². The van der Waals surface area contributed by atoms with Gasteiger partial charge < -0.3 is 14.4 Å². The highest BCUT2D eigenvalue weighted by molar-refractivity contribution is 5.86. The summed E-state index contributed by atoms with van der Waals surface area (Å²) in [6, 6.07) is 4.85. The Morgan fingerprint density at radius 3 is 2.79 bits per heavy atom. The Kier molecular flexibility index (Phi) is 4.98. The van der Waals surface area contributed by atoms with Crippen molar-refractivity contribution in [1.82, 2.24) is 24.1 Å². The van der Waals surface area contributed by atoms with Crippen LogP contribution in [0.4, 0.5) is 0 Å². The van der Waals surface area contributed by atoms with Crippen LogP contribution in [0.1, 0.15) is 5.56 Å². The molecule has 1 aromatic carbocycles. The summed E-state index contributed by atoms with van der Waals surface area (Å²) < 4.78 is 8.51. The van der Waals surface area contributed by atoms with Crippen molar-refractivity contribution in [1.29, 1.82) is 0 Å². The molecule has 28 heavy (non-hydrogen) atoms. The average molecular weight is 386 g/mol. The van der Waals surface area contributed by atoms with Crippen LogP contribution in [0.3, 0.4) is 0 Å². The van der Waals surface area contributed by atoms with E-state index in [1.54, 1.807) is 18.2 Å². The summed E-state index contributed by atoms with van der Waals surface area (Å²) in [6.07, 6.45) is 2.58. The van der Waals surface area contributed by atoms with E-state index in [1.165, 1.54) is 42.9 Å². The third-order valence-corrected chi connectivity index (χ3v) is 4.17. The molecular formula is C17H18N6O5. The summed E-state index contributed by atoms with van der Waals surface area (Å²) in [4.78, 5) is 40.5. The van der Waals surface area contributed by atoms with E-state index in [2.05, 4.69) is 15.5 Å². The second-order valence-electron chi connectivity index (χ2n) is 5.94. The first-order chi connectivity index (χ1) is 13.3. The number of imidazole rings is 1. The van der Waals surface area contributed by atoms with Crippen LogP contribution in [0.15, 0.2) is 39.2 Å². The summed E-state index contributed by atoms with van der Waals surface area (Å²) in [6.45, 7) is -0.231. The molecule has 3 aromatic rings. The maximum atomic E-state index is 12.3. The largest absolute Gasteiger partial charge is 0.504 e. The van der Waals surface area contributed by atoms with Crippen LogP contribution in [0, 0.1) is 0 Å². The molecule has 146 valence electrons. The van der Waals surface area contributed by atoms with Gasteiger partial charge in [0.25, 0.3) is 11.5 Å². The minimum Gasteiger partial charge on any atom is -0.504 e. The van der Waals surface area contributed by atoms with Crippen molar-refractivity contribution in [3.63, 3.8) is 0 Å². The second kappa shape index (κ2) is 7.39. The lowest BCUT2D eigenvalue weighted by Gasteiger charge is -2.06. The molecule has 0 fully saturated rings. The average Bonchev–Trinajstić information content (AvgIpc) is 3.09. The van der Waals surface area contributed by atoms with Gasteiger partial charge in [-0.15, -0.1) is 0 Å². The van der Waals surface area contributed by atoms with Crippen LogP contribution in [0.25, 0.3) is 11.2 Å². The van der Waals surface area contributed by atoms with Crippen molar-refractivity contribution in [2.24, 2.45) is 19.2 Å². The van der Waals surface area contributed by atoms with Gasteiger partial charge in [-0.1, -0.05) is 6.07 Å². The standard InChI is InChI=1S/C17H18N6O5/c1-21-15-13(16(26)22(2)17(21)27)23(9-18-15)8-12(24)20-19-7-10-5-4-6-11(28-3)14(10)25/h4-7,9,25H,8H2,1-3H3,(H,20,24)/b19-7-. The topological polar surface area (TPSA) is 133 Å². The summed E-state index contributed by atoms with van der Waals surface area (Å²) in [5.41, 5.74) is 1.94. The molecule has 0 aliphatic rings. The number of hydrogen-bond acceptors (Lipinski definition) is 7. The molecule has 1 amide bonds. The summed E-state index contributed by atoms with van der Waals surface area (Å²) in [7, 11) is 4.27. The Morgan fingerprint density at radius 2 is 2.07 bits per heavy atom. The molecule has 0 atom stereocenters. The Bertz CT molecular complexity index is 1200. The smallest absolute Gasteiger partial charge is 0.332 e. The molecule has 0 spiro atoms. The van der Waals surface area contributed by atoms with Crippen LogP contribution < -0.4 is 21.4 Å². The fourth-order valence-electron chi connectivity index (χ4n) is 2.69. The van der Waals surface area contributed by atoms with E-state index in [0.717, 1.165) is 4.57 Å². The first-order valence-corrected chi connectivity index (χ1v) is 8.14. The molecule has 0 unspecified atom stereocenters. The number of ether oxygens (including phenoxy) is 1. The number of hydrazone groups is 1. The number of nitrogens with one attached hydrogen (secondary N) is 1. The Balaban J connectivity index is 1.80. The normalized spacial score (nSPS) is 11.2. The number of amides is 1.